The Labute approximate surface area is 112 Å². The number of alkyl halides is 2. The lowest BCUT2D eigenvalue weighted by molar-refractivity contribution is 0.146. The SMILES string of the molecule is Fc1cc(-c2ccc(Cl)cc2Cl)ccc1C(F)F. The van der Waals surface area contributed by atoms with Crippen molar-refractivity contribution < 1.29 is 13.2 Å². The smallest absolute Gasteiger partial charge is 0.206 e. The van der Waals surface area contributed by atoms with E-state index in [1.165, 1.54) is 12.1 Å². The number of benzene rings is 2. The second-order valence-corrected chi connectivity index (χ2v) is 4.50. The Kier molecular flexibility index (Phi) is 3.83. The van der Waals surface area contributed by atoms with Gasteiger partial charge in [-0.2, -0.15) is 0 Å². The molecule has 0 aliphatic rings. The maximum Gasteiger partial charge on any atom is 0.266 e. The highest BCUT2D eigenvalue weighted by molar-refractivity contribution is 6.36. The zero-order valence-electron chi connectivity index (χ0n) is 8.93. The van der Waals surface area contributed by atoms with Gasteiger partial charge in [-0.15, -0.1) is 0 Å². The average molecular weight is 291 g/mol. The van der Waals surface area contributed by atoms with Gasteiger partial charge in [0, 0.05) is 15.6 Å². The topological polar surface area (TPSA) is 0 Å². The maximum absolute atomic E-state index is 13.4. The molecule has 18 heavy (non-hydrogen) atoms. The average Bonchev–Trinajstić information content (AvgIpc) is 2.28. The second-order valence-electron chi connectivity index (χ2n) is 3.66. The van der Waals surface area contributed by atoms with Crippen molar-refractivity contribution in [2.45, 2.75) is 6.43 Å². The zero-order valence-corrected chi connectivity index (χ0v) is 10.4. The Morgan fingerprint density at radius 2 is 1.67 bits per heavy atom. The highest BCUT2D eigenvalue weighted by Gasteiger charge is 2.14. The summed E-state index contributed by atoms with van der Waals surface area (Å²) in [6.07, 6.45) is -2.83. The minimum atomic E-state index is -2.83. The van der Waals surface area contributed by atoms with Crippen molar-refractivity contribution in [1.82, 2.24) is 0 Å². The Morgan fingerprint density at radius 1 is 0.944 bits per heavy atom. The first-order chi connectivity index (χ1) is 8.49. The van der Waals surface area contributed by atoms with Crippen LogP contribution in [0.4, 0.5) is 13.2 Å². The van der Waals surface area contributed by atoms with E-state index in [-0.39, 0.29) is 0 Å². The molecule has 0 heterocycles. The zero-order chi connectivity index (χ0) is 13.3. The van der Waals surface area contributed by atoms with Crippen LogP contribution in [0.2, 0.25) is 10.0 Å². The van der Waals surface area contributed by atoms with Gasteiger partial charge in [-0.25, -0.2) is 13.2 Å². The van der Waals surface area contributed by atoms with Crippen LogP contribution in [0.25, 0.3) is 11.1 Å². The van der Waals surface area contributed by atoms with E-state index in [1.807, 2.05) is 0 Å². The minimum Gasteiger partial charge on any atom is -0.206 e. The molecule has 0 aliphatic heterocycles. The molecule has 0 aliphatic carbocycles. The van der Waals surface area contributed by atoms with Crippen LogP contribution >= 0.6 is 23.2 Å². The predicted molar refractivity (Wildman–Crippen MR) is 66.8 cm³/mol. The van der Waals surface area contributed by atoms with E-state index in [9.17, 15) is 13.2 Å². The van der Waals surface area contributed by atoms with Crippen LogP contribution in [-0.2, 0) is 0 Å². The summed E-state index contributed by atoms with van der Waals surface area (Å²) in [5, 5.41) is 0.792. The summed E-state index contributed by atoms with van der Waals surface area (Å²) in [6.45, 7) is 0. The molecular weight excluding hydrogens is 284 g/mol. The fourth-order valence-electron chi connectivity index (χ4n) is 1.60. The molecule has 0 atom stereocenters. The highest BCUT2D eigenvalue weighted by atomic mass is 35.5. The van der Waals surface area contributed by atoms with Crippen LogP contribution in [0, 0.1) is 5.82 Å². The van der Waals surface area contributed by atoms with E-state index in [1.54, 1.807) is 12.1 Å². The first-order valence-electron chi connectivity index (χ1n) is 5.02. The van der Waals surface area contributed by atoms with E-state index in [0.717, 1.165) is 12.1 Å². The summed E-state index contributed by atoms with van der Waals surface area (Å²) >= 11 is 11.7. The van der Waals surface area contributed by atoms with Crippen LogP contribution in [0.5, 0.6) is 0 Å². The van der Waals surface area contributed by atoms with E-state index in [0.29, 0.717) is 21.2 Å². The van der Waals surface area contributed by atoms with Crippen LogP contribution in [0.15, 0.2) is 36.4 Å². The monoisotopic (exact) mass is 290 g/mol. The van der Waals surface area contributed by atoms with Crippen molar-refractivity contribution >= 4 is 23.2 Å². The summed E-state index contributed by atoms with van der Waals surface area (Å²) in [5.41, 5.74) is 0.350. The van der Waals surface area contributed by atoms with Crippen molar-refractivity contribution in [3.8, 4) is 11.1 Å². The van der Waals surface area contributed by atoms with Gasteiger partial charge in [-0.05, 0) is 29.8 Å². The molecule has 5 heteroatoms. The van der Waals surface area contributed by atoms with Crippen molar-refractivity contribution in [2.24, 2.45) is 0 Å². The van der Waals surface area contributed by atoms with E-state index < -0.39 is 17.8 Å². The summed E-state index contributed by atoms with van der Waals surface area (Å²) in [6, 6.07) is 8.22. The third-order valence-corrected chi connectivity index (χ3v) is 3.03. The van der Waals surface area contributed by atoms with E-state index in [4.69, 9.17) is 23.2 Å². The number of hydrogen-bond donors (Lipinski definition) is 0. The Balaban J connectivity index is 2.49. The van der Waals surface area contributed by atoms with Crippen molar-refractivity contribution in [3.05, 3.63) is 57.8 Å². The molecule has 2 aromatic carbocycles. The predicted octanol–water partition coefficient (Wildman–Crippen LogP) is 5.74. The van der Waals surface area contributed by atoms with Gasteiger partial charge in [-0.3, -0.25) is 0 Å². The Bertz CT molecular complexity index is 582. The molecule has 2 rings (SSSR count). The Hall–Kier alpha value is -1.19. The molecule has 0 nitrogen and oxygen atoms in total. The van der Waals surface area contributed by atoms with Gasteiger partial charge >= 0.3 is 0 Å². The molecule has 0 bridgehead atoms. The fraction of sp³-hybridized carbons (Fsp3) is 0.0769. The molecular formula is C13H7Cl2F3. The molecule has 2 aromatic rings. The third-order valence-electron chi connectivity index (χ3n) is 2.48. The lowest BCUT2D eigenvalue weighted by atomic mass is 10.0. The van der Waals surface area contributed by atoms with E-state index in [2.05, 4.69) is 0 Å². The molecule has 0 saturated carbocycles. The normalized spacial score (nSPS) is 11.0. The van der Waals surface area contributed by atoms with Crippen LogP contribution in [-0.4, -0.2) is 0 Å². The highest BCUT2D eigenvalue weighted by Crippen LogP contribution is 2.32. The lowest BCUT2D eigenvalue weighted by Crippen LogP contribution is -1.91. The molecule has 0 aromatic heterocycles. The molecule has 0 amide bonds. The minimum absolute atomic E-state index is 0.340. The van der Waals surface area contributed by atoms with Gasteiger partial charge in [0.15, 0.2) is 0 Å². The van der Waals surface area contributed by atoms with Crippen LogP contribution in [0.1, 0.15) is 12.0 Å². The first-order valence-corrected chi connectivity index (χ1v) is 5.77. The fourth-order valence-corrected chi connectivity index (χ4v) is 2.11. The maximum atomic E-state index is 13.4. The van der Waals surface area contributed by atoms with Crippen molar-refractivity contribution in [2.75, 3.05) is 0 Å². The number of halogens is 5. The molecule has 0 spiro atoms. The van der Waals surface area contributed by atoms with Gasteiger partial charge in [0.05, 0.1) is 5.56 Å². The first kappa shape index (κ1) is 13.2. The van der Waals surface area contributed by atoms with Crippen molar-refractivity contribution in [3.63, 3.8) is 0 Å². The van der Waals surface area contributed by atoms with Crippen LogP contribution < -0.4 is 0 Å². The van der Waals surface area contributed by atoms with Gasteiger partial charge in [0.2, 0.25) is 0 Å². The standard InChI is InChI=1S/C13H7Cl2F3/c14-8-2-4-9(11(15)6-8)7-1-3-10(13(17)18)12(16)5-7/h1-6,13H. The third kappa shape index (κ3) is 2.62. The molecule has 0 saturated heterocycles. The number of hydrogen-bond acceptors (Lipinski definition) is 0. The summed E-state index contributed by atoms with van der Waals surface area (Å²) in [5.74, 6) is -0.950. The summed E-state index contributed by atoms with van der Waals surface area (Å²) < 4.78 is 38.3. The molecule has 0 unspecified atom stereocenters. The van der Waals surface area contributed by atoms with E-state index >= 15 is 0 Å². The second kappa shape index (κ2) is 5.21. The van der Waals surface area contributed by atoms with Gasteiger partial charge in [0.25, 0.3) is 6.43 Å². The largest absolute Gasteiger partial charge is 0.266 e. The number of rotatable bonds is 2. The van der Waals surface area contributed by atoms with Gasteiger partial charge in [-0.1, -0.05) is 35.3 Å². The quantitative estimate of drug-likeness (QED) is 0.662. The molecule has 0 fully saturated rings. The van der Waals surface area contributed by atoms with Gasteiger partial charge < -0.3 is 0 Å². The summed E-state index contributed by atoms with van der Waals surface area (Å²) in [7, 11) is 0. The summed E-state index contributed by atoms with van der Waals surface area (Å²) in [4.78, 5) is 0. The van der Waals surface area contributed by atoms with Gasteiger partial charge in [0.1, 0.15) is 5.82 Å². The van der Waals surface area contributed by atoms with Crippen molar-refractivity contribution in [1.29, 1.82) is 0 Å². The Morgan fingerprint density at radius 3 is 2.22 bits per heavy atom. The lowest BCUT2D eigenvalue weighted by Gasteiger charge is -2.07. The van der Waals surface area contributed by atoms with Crippen LogP contribution in [0.3, 0.4) is 0 Å². The molecule has 0 radical (unpaired) electrons. The molecule has 94 valence electrons. The molecule has 0 N–H and O–H groups in total.